The summed E-state index contributed by atoms with van der Waals surface area (Å²) < 4.78 is 5.71. The second-order valence-electron chi connectivity index (χ2n) is 9.01. The van der Waals surface area contributed by atoms with E-state index in [1.807, 2.05) is 72.8 Å². The third-order valence-corrected chi connectivity index (χ3v) is 6.23. The van der Waals surface area contributed by atoms with E-state index in [2.05, 4.69) is 5.32 Å². The quantitative estimate of drug-likeness (QED) is 0.451. The van der Waals surface area contributed by atoms with E-state index < -0.39 is 12.0 Å². The lowest BCUT2D eigenvalue weighted by atomic mass is 9.98. The second-order valence-corrected chi connectivity index (χ2v) is 9.01. The number of cyclic esters (lactones) is 1. The maximum atomic E-state index is 13.2. The summed E-state index contributed by atoms with van der Waals surface area (Å²) in [6.07, 6.45) is 6.53. The van der Waals surface area contributed by atoms with E-state index >= 15 is 0 Å². The van der Waals surface area contributed by atoms with Crippen LogP contribution in [0.15, 0.2) is 72.8 Å². The number of hydrogen-bond acceptors (Lipinski definition) is 5. The van der Waals surface area contributed by atoms with Crippen molar-refractivity contribution in [2.24, 2.45) is 5.92 Å². The first-order valence-corrected chi connectivity index (χ1v) is 12.7. The van der Waals surface area contributed by atoms with Gasteiger partial charge in [0.2, 0.25) is 11.8 Å². The molecule has 2 aromatic rings. The smallest absolute Gasteiger partial charge is 0.306 e. The predicted octanol–water partition coefficient (Wildman–Crippen LogP) is 3.93. The van der Waals surface area contributed by atoms with Crippen LogP contribution in [0.3, 0.4) is 0 Å². The molecule has 0 unspecified atom stereocenters. The van der Waals surface area contributed by atoms with Crippen molar-refractivity contribution in [2.75, 3.05) is 19.7 Å². The Labute approximate surface area is 213 Å². The normalized spacial score (nSPS) is 20.5. The van der Waals surface area contributed by atoms with Crippen molar-refractivity contribution in [2.45, 2.75) is 51.2 Å². The Hall–Kier alpha value is -3.45. The molecule has 0 fully saturated rings. The summed E-state index contributed by atoms with van der Waals surface area (Å²) >= 11 is 0. The summed E-state index contributed by atoms with van der Waals surface area (Å²) in [5.74, 6) is -1.30. The molecule has 0 bridgehead atoms. The Morgan fingerprint density at radius 3 is 2.44 bits per heavy atom. The van der Waals surface area contributed by atoms with Gasteiger partial charge in [-0.25, -0.2) is 0 Å². The summed E-state index contributed by atoms with van der Waals surface area (Å²) in [6, 6.07) is 18.9. The molecule has 7 nitrogen and oxygen atoms in total. The van der Waals surface area contributed by atoms with Crippen LogP contribution >= 0.6 is 0 Å². The Kier molecular flexibility index (Phi) is 11.2. The van der Waals surface area contributed by atoms with Crippen LogP contribution in [0.1, 0.15) is 55.8 Å². The molecule has 1 aliphatic rings. The van der Waals surface area contributed by atoms with Crippen LogP contribution in [0.5, 0.6) is 0 Å². The van der Waals surface area contributed by atoms with Gasteiger partial charge in [0.15, 0.2) is 0 Å². The first-order chi connectivity index (χ1) is 17.6. The summed E-state index contributed by atoms with van der Waals surface area (Å²) in [5, 5.41) is 12.4. The summed E-state index contributed by atoms with van der Waals surface area (Å²) in [4.78, 5) is 40.4. The molecule has 1 aliphatic heterocycles. The number of carbonyl (C=O) groups excluding carboxylic acids is 3. The van der Waals surface area contributed by atoms with Crippen molar-refractivity contribution in [1.29, 1.82) is 0 Å². The minimum absolute atomic E-state index is 0.0266. The highest BCUT2D eigenvalue weighted by atomic mass is 16.5. The number of aliphatic hydroxyl groups is 1. The highest BCUT2D eigenvalue weighted by molar-refractivity contribution is 5.86. The van der Waals surface area contributed by atoms with Gasteiger partial charge in [0.1, 0.15) is 6.10 Å². The molecule has 0 aromatic heterocycles. The van der Waals surface area contributed by atoms with E-state index in [0.29, 0.717) is 19.4 Å². The van der Waals surface area contributed by atoms with Gasteiger partial charge < -0.3 is 20.1 Å². The van der Waals surface area contributed by atoms with E-state index in [1.54, 1.807) is 4.90 Å². The Morgan fingerprint density at radius 1 is 1.00 bits per heavy atom. The third-order valence-electron chi connectivity index (χ3n) is 6.23. The van der Waals surface area contributed by atoms with Crippen LogP contribution in [-0.2, 0) is 25.7 Å². The van der Waals surface area contributed by atoms with Crippen LogP contribution in [0.2, 0.25) is 0 Å². The summed E-state index contributed by atoms with van der Waals surface area (Å²) in [7, 11) is 0. The number of carbonyl (C=O) groups is 3. The zero-order chi connectivity index (χ0) is 25.6. The van der Waals surface area contributed by atoms with Crippen molar-refractivity contribution >= 4 is 17.8 Å². The van der Waals surface area contributed by atoms with Gasteiger partial charge in [0, 0.05) is 25.9 Å². The van der Waals surface area contributed by atoms with Crippen LogP contribution in [-0.4, -0.2) is 47.5 Å². The molecule has 0 saturated heterocycles. The minimum atomic E-state index is -0.596. The van der Waals surface area contributed by atoms with Gasteiger partial charge in [0.05, 0.1) is 19.1 Å². The average molecular weight is 493 g/mol. The average Bonchev–Trinajstić information content (AvgIpc) is 2.90. The Morgan fingerprint density at radius 2 is 1.72 bits per heavy atom. The largest absolute Gasteiger partial charge is 0.456 e. The van der Waals surface area contributed by atoms with Gasteiger partial charge in [-0.2, -0.15) is 0 Å². The molecule has 0 spiro atoms. The van der Waals surface area contributed by atoms with Crippen LogP contribution in [0.4, 0.5) is 0 Å². The lowest BCUT2D eigenvalue weighted by Gasteiger charge is -2.25. The van der Waals surface area contributed by atoms with Gasteiger partial charge in [-0.05, 0) is 36.8 Å². The lowest BCUT2D eigenvalue weighted by molar-refractivity contribution is -0.150. The zero-order valence-corrected chi connectivity index (χ0v) is 20.7. The monoisotopic (exact) mass is 492 g/mol. The van der Waals surface area contributed by atoms with E-state index in [1.165, 1.54) is 0 Å². The number of ether oxygens (including phenoxy) is 1. The fraction of sp³-hybridized carbons (Fsp3) is 0.414. The standard InChI is InChI=1S/C29H36N2O5/c32-19-18-31(22-23-12-6-4-7-13-23)27(33)20-25-16-8-2-1-3-11-17-28(34)36-26(21-30-29(25)35)24-14-9-5-10-15-24/h2,4-10,12-15,25-26,32H,1,3,11,16-22H2,(H,30,35)/b8-2-/t25-,26-/m1/s1. The summed E-state index contributed by atoms with van der Waals surface area (Å²) in [6.45, 7) is 0.549. The molecular formula is C29H36N2O5. The fourth-order valence-corrected chi connectivity index (χ4v) is 4.20. The first kappa shape index (κ1) is 27.1. The topological polar surface area (TPSA) is 95.9 Å². The molecular weight excluding hydrogens is 456 g/mol. The maximum absolute atomic E-state index is 13.2. The van der Waals surface area contributed by atoms with Crippen LogP contribution in [0, 0.1) is 5.92 Å². The lowest BCUT2D eigenvalue weighted by Crippen LogP contribution is -2.39. The number of aliphatic hydroxyl groups excluding tert-OH is 1. The van der Waals surface area contributed by atoms with Crippen LogP contribution in [0.25, 0.3) is 0 Å². The highest BCUT2D eigenvalue weighted by Crippen LogP contribution is 2.20. The van der Waals surface area contributed by atoms with E-state index in [9.17, 15) is 19.5 Å². The van der Waals surface area contributed by atoms with Gasteiger partial charge in [-0.1, -0.05) is 72.8 Å². The molecule has 3 rings (SSSR count). The van der Waals surface area contributed by atoms with Gasteiger partial charge in [-0.3, -0.25) is 14.4 Å². The number of allylic oxidation sites excluding steroid dienone is 2. The Bertz CT molecular complexity index is 993. The Balaban J connectivity index is 1.73. The van der Waals surface area contributed by atoms with Crippen molar-refractivity contribution in [1.82, 2.24) is 10.2 Å². The van der Waals surface area contributed by atoms with Gasteiger partial charge in [-0.15, -0.1) is 0 Å². The molecule has 0 saturated carbocycles. The molecule has 192 valence electrons. The fourth-order valence-electron chi connectivity index (χ4n) is 4.20. The minimum Gasteiger partial charge on any atom is -0.456 e. The molecule has 7 heteroatoms. The molecule has 2 amide bonds. The first-order valence-electron chi connectivity index (χ1n) is 12.7. The van der Waals surface area contributed by atoms with E-state index in [0.717, 1.165) is 30.4 Å². The molecule has 2 atom stereocenters. The SMILES string of the molecule is O=C1CCCC/C=C\C[C@H](CC(=O)N(CCO)Cc2ccccc2)C(=O)NC[C@H](c2ccccc2)O1. The maximum Gasteiger partial charge on any atom is 0.306 e. The molecule has 0 radical (unpaired) electrons. The van der Waals surface area contributed by atoms with Crippen molar-refractivity contribution < 1.29 is 24.2 Å². The summed E-state index contributed by atoms with van der Waals surface area (Å²) in [5.41, 5.74) is 1.77. The molecule has 36 heavy (non-hydrogen) atoms. The highest BCUT2D eigenvalue weighted by Gasteiger charge is 2.26. The number of amides is 2. The van der Waals surface area contributed by atoms with Crippen molar-refractivity contribution in [3.8, 4) is 0 Å². The predicted molar refractivity (Wildman–Crippen MR) is 138 cm³/mol. The van der Waals surface area contributed by atoms with Crippen molar-refractivity contribution in [3.05, 3.63) is 83.9 Å². The van der Waals surface area contributed by atoms with Crippen molar-refractivity contribution in [3.63, 3.8) is 0 Å². The van der Waals surface area contributed by atoms with Gasteiger partial charge >= 0.3 is 5.97 Å². The number of rotatable bonds is 7. The number of hydrogen-bond donors (Lipinski definition) is 2. The number of esters is 1. The molecule has 0 aliphatic carbocycles. The molecule has 2 aromatic carbocycles. The molecule has 1 heterocycles. The molecule has 2 N–H and O–H groups in total. The number of nitrogens with one attached hydrogen (secondary N) is 1. The van der Waals surface area contributed by atoms with E-state index in [-0.39, 0.29) is 43.9 Å². The zero-order valence-electron chi connectivity index (χ0n) is 20.7. The third kappa shape index (κ3) is 8.96. The van der Waals surface area contributed by atoms with Gasteiger partial charge in [0.25, 0.3) is 0 Å². The van der Waals surface area contributed by atoms with Crippen LogP contribution < -0.4 is 5.32 Å². The number of nitrogens with zero attached hydrogens (tertiary/aromatic N) is 1. The number of benzene rings is 2. The van der Waals surface area contributed by atoms with E-state index in [4.69, 9.17) is 4.74 Å². The second kappa shape index (κ2) is 14.8.